The molecule has 1 aromatic heterocycles. The molecule has 0 saturated carbocycles. The lowest BCUT2D eigenvalue weighted by molar-refractivity contribution is -0.136. The van der Waals surface area contributed by atoms with E-state index >= 15 is 0 Å². The van der Waals surface area contributed by atoms with Crippen LogP contribution < -0.4 is 4.72 Å². The number of hydrogen-bond donors (Lipinski definition) is 3. The van der Waals surface area contributed by atoms with E-state index < -0.39 is 5.97 Å². The SMILES string of the molecule is O=C(O)Cc1c(-c2ccc(Cl)c(SNCc3cc(Cl)cc(Cl)c3)c2)[nH]c2ccccc12. The van der Waals surface area contributed by atoms with Gasteiger partial charge in [-0.1, -0.05) is 59.1 Å². The van der Waals surface area contributed by atoms with Crippen molar-refractivity contribution in [2.45, 2.75) is 17.9 Å². The first kappa shape index (κ1) is 22.1. The zero-order valence-electron chi connectivity index (χ0n) is 16.1. The third-order valence-electron chi connectivity index (χ3n) is 4.74. The van der Waals surface area contributed by atoms with Gasteiger partial charge in [0.25, 0.3) is 0 Å². The highest BCUT2D eigenvalue weighted by Gasteiger charge is 2.16. The van der Waals surface area contributed by atoms with Crippen molar-refractivity contribution in [3.05, 3.63) is 86.9 Å². The normalized spacial score (nSPS) is 11.2. The van der Waals surface area contributed by atoms with E-state index in [0.717, 1.165) is 38.2 Å². The largest absolute Gasteiger partial charge is 0.481 e. The summed E-state index contributed by atoms with van der Waals surface area (Å²) in [6, 6.07) is 18.7. The third-order valence-corrected chi connectivity index (χ3v) is 6.47. The van der Waals surface area contributed by atoms with E-state index in [0.29, 0.717) is 21.6 Å². The minimum Gasteiger partial charge on any atom is -0.481 e. The Kier molecular flexibility index (Phi) is 6.80. The Balaban J connectivity index is 1.61. The smallest absolute Gasteiger partial charge is 0.307 e. The van der Waals surface area contributed by atoms with Crippen molar-refractivity contribution in [2.75, 3.05) is 0 Å². The van der Waals surface area contributed by atoms with Gasteiger partial charge in [0.05, 0.1) is 17.1 Å². The van der Waals surface area contributed by atoms with E-state index in [1.165, 1.54) is 11.9 Å². The molecule has 0 unspecified atom stereocenters. The minimum atomic E-state index is -0.878. The van der Waals surface area contributed by atoms with Crippen molar-refractivity contribution in [3.8, 4) is 11.3 Å². The summed E-state index contributed by atoms with van der Waals surface area (Å²) in [6.07, 6.45) is -0.0712. The monoisotopic (exact) mass is 490 g/mol. The van der Waals surface area contributed by atoms with Crippen LogP contribution in [0.5, 0.6) is 0 Å². The summed E-state index contributed by atoms with van der Waals surface area (Å²) in [5, 5.41) is 12.1. The van der Waals surface area contributed by atoms with Gasteiger partial charge in [-0.05, 0) is 65.0 Å². The lowest BCUT2D eigenvalue weighted by Crippen LogP contribution is -2.03. The molecule has 3 N–H and O–H groups in total. The van der Waals surface area contributed by atoms with Crippen LogP contribution in [0.1, 0.15) is 11.1 Å². The van der Waals surface area contributed by atoms with Crippen LogP contribution in [0.4, 0.5) is 0 Å². The number of aromatic amines is 1. The molecule has 0 bridgehead atoms. The summed E-state index contributed by atoms with van der Waals surface area (Å²) < 4.78 is 3.28. The molecule has 0 amide bonds. The number of carboxylic acid groups (broad SMARTS) is 1. The number of hydrogen-bond acceptors (Lipinski definition) is 3. The van der Waals surface area contributed by atoms with Crippen molar-refractivity contribution >= 4 is 63.6 Å². The maximum Gasteiger partial charge on any atom is 0.307 e. The number of rotatable bonds is 7. The molecule has 3 aromatic carbocycles. The molecule has 0 aliphatic rings. The van der Waals surface area contributed by atoms with Gasteiger partial charge in [-0.2, -0.15) is 0 Å². The number of para-hydroxylation sites is 1. The van der Waals surface area contributed by atoms with Crippen LogP contribution in [-0.4, -0.2) is 16.1 Å². The lowest BCUT2D eigenvalue weighted by atomic mass is 10.0. The second-order valence-corrected chi connectivity index (χ2v) is 9.15. The van der Waals surface area contributed by atoms with Gasteiger partial charge in [0, 0.05) is 32.4 Å². The highest BCUT2D eigenvalue weighted by molar-refractivity contribution is 7.97. The van der Waals surface area contributed by atoms with Gasteiger partial charge >= 0.3 is 5.97 Å². The zero-order valence-corrected chi connectivity index (χ0v) is 19.2. The van der Waals surface area contributed by atoms with Crippen LogP contribution in [0.25, 0.3) is 22.2 Å². The number of carbonyl (C=O) groups is 1. The van der Waals surface area contributed by atoms with Gasteiger partial charge in [0.15, 0.2) is 0 Å². The topological polar surface area (TPSA) is 65.1 Å². The molecule has 0 fully saturated rings. The third kappa shape index (κ3) is 5.20. The van der Waals surface area contributed by atoms with Crippen molar-refractivity contribution in [2.24, 2.45) is 0 Å². The molecule has 4 nitrogen and oxygen atoms in total. The van der Waals surface area contributed by atoms with Crippen molar-refractivity contribution in [1.82, 2.24) is 9.71 Å². The number of H-pyrrole nitrogens is 1. The highest BCUT2D eigenvalue weighted by Crippen LogP contribution is 2.35. The summed E-state index contributed by atoms with van der Waals surface area (Å²) in [5.41, 5.74) is 4.25. The Morgan fingerprint density at radius 1 is 1.00 bits per heavy atom. The molecule has 0 radical (unpaired) electrons. The predicted octanol–water partition coefficient (Wildman–Crippen LogP) is 7.22. The molecule has 0 aliphatic heterocycles. The number of carboxylic acids is 1. The molecule has 4 aromatic rings. The van der Waals surface area contributed by atoms with E-state index in [2.05, 4.69) is 9.71 Å². The fourth-order valence-electron chi connectivity index (χ4n) is 3.43. The summed E-state index contributed by atoms with van der Waals surface area (Å²) in [4.78, 5) is 15.7. The van der Waals surface area contributed by atoms with E-state index in [4.69, 9.17) is 34.8 Å². The fourth-order valence-corrected chi connectivity index (χ4v) is 4.98. The lowest BCUT2D eigenvalue weighted by Gasteiger charge is -2.10. The van der Waals surface area contributed by atoms with Crippen LogP contribution >= 0.6 is 46.8 Å². The fraction of sp³-hybridized carbons (Fsp3) is 0.0870. The average Bonchev–Trinajstić information content (AvgIpc) is 3.07. The number of aliphatic carboxylic acids is 1. The Bertz CT molecular complexity index is 1250. The van der Waals surface area contributed by atoms with E-state index in [1.807, 2.05) is 54.6 Å². The van der Waals surface area contributed by atoms with Crippen LogP contribution in [0.15, 0.2) is 65.6 Å². The second-order valence-electron chi connectivity index (χ2n) is 6.94. The maximum atomic E-state index is 11.5. The molecule has 4 rings (SSSR count). The van der Waals surface area contributed by atoms with Crippen molar-refractivity contribution < 1.29 is 9.90 Å². The molecule has 1 heterocycles. The predicted molar refractivity (Wildman–Crippen MR) is 129 cm³/mol. The average molecular weight is 492 g/mol. The maximum absolute atomic E-state index is 11.5. The summed E-state index contributed by atoms with van der Waals surface area (Å²) >= 11 is 19.9. The van der Waals surface area contributed by atoms with Crippen LogP contribution in [-0.2, 0) is 17.8 Å². The van der Waals surface area contributed by atoms with E-state index in [9.17, 15) is 9.90 Å². The summed E-state index contributed by atoms with van der Waals surface area (Å²) in [5.74, 6) is -0.878. The Morgan fingerprint density at radius 3 is 2.48 bits per heavy atom. The van der Waals surface area contributed by atoms with Crippen LogP contribution in [0.3, 0.4) is 0 Å². The molecule has 8 heteroatoms. The Labute approximate surface area is 198 Å². The molecule has 0 saturated heterocycles. The van der Waals surface area contributed by atoms with Crippen LogP contribution in [0, 0.1) is 0 Å². The zero-order chi connectivity index (χ0) is 22.0. The number of nitrogens with one attached hydrogen (secondary N) is 2. The van der Waals surface area contributed by atoms with Gasteiger partial charge in [-0.15, -0.1) is 0 Å². The molecule has 0 aliphatic carbocycles. The van der Waals surface area contributed by atoms with E-state index in [-0.39, 0.29) is 6.42 Å². The first-order chi connectivity index (χ1) is 14.9. The molecule has 158 valence electrons. The number of halogens is 3. The van der Waals surface area contributed by atoms with Gasteiger partial charge in [-0.3, -0.25) is 9.52 Å². The first-order valence-corrected chi connectivity index (χ1v) is 11.3. The van der Waals surface area contributed by atoms with Gasteiger partial charge < -0.3 is 10.1 Å². The standard InChI is InChI=1S/C23H17Cl3N2O2S/c24-15-7-13(8-16(25)10-15)12-27-31-21-9-14(5-6-19(21)26)23-18(11-22(29)30)17-3-1-2-4-20(17)28-23/h1-10,27-28H,11-12H2,(H,29,30). The number of aromatic nitrogens is 1. The van der Waals surface area contributed by atoms with Gasteiger partial charge in [0.1, 0.15) is 0 Å². The summed E-state index contributed by atoms with van der Waals surface area (Å²) in [7, 11) is 0. The van der Waals surface area contributed by atoms with Crippen molar-refractivity contribution in [1.29, 1.82) is 0 Å². The molecule has 0 atom stereocenters. The quantitative estimate of drug-likeness (QED) is 0.239. The molecule has 31 heavy (non-hydrogen) atoms. The second kappa shape index (κ2) is 9.55. The number of benzene rings is 3. The van der Waals surface area contributed by atoms with E-state index in [1.54, 1.807) is 6.07 Å². The van der Waals surface area contributed by atoms with Crippen LogP contribution in [0.2, 0.25) is 15.1 Å². The first-order valence-electron chi connectivity index (χ1n) is 9.36. The Hall–Kier alpha value is -2.15. The van der Waals surface area contributed by atoms with Gasteiger partial charge in [0.2, 0.25) is 0 Å². The molecule has 0 spiro atoms. The van der Waals surface area contributed by atoms with Crippen molar-refractivity contribution in [3.63, 3.8) is 0 Å². The highest BCUT2D eigenvalue weighted by atomic mass is 35.5. The minimum absolute atomic E-state index is 0.0712. The van der Waals surface area contributed by atoms with Gasteiger partial charge in [-0.25, -0.2) is 0 Å². The summed E-state index contributed by atoms with van der Waals surface area (Å²) in [6.45, 7) is 0.544. The Morgan fingerprint density at radius 2 is 1.74 bits per heavy atom. The molecular weight excluding hydrogens is 475 g/mol. The molecular formula is C23H17Cl3N2O2S. The number of fused-ring (bicyclic) bond motifs is 1.